The van der Waals surface area contributed by atoms with Gasteiger partial charge in [0.2, 0.25) is 0 Å². The highest BCUT2D eigenvalue weighted by Crippen LogP contribution is 2.30. The van der Waals surface area contributed by atoms with Crippen molar-refractivity contribution in [2.24, 2.45) is 12.0 Å². The van der Waals surface area contributed by atoms with Crippen molar-refractivity contribution in [3.63, 3.8) is 0 Å². The summed E-state index contributed by atoms with van der Waals surface area (Å²) in [5.41, 5.74) is 1.20. The third kappa shape index (κ3) is 0.841. The minimum absolute atomic E-state index is 0.381. The van der Waals surface area contributed by atoms with Gasteiger partial charge < -0.3 is 4.90 Å². The number of hydrogen-bond acceptors (Lipinski definition) is 3. The molecule has 2 rings (SSSR count). The van der Waals surface area contributed by atoms with Crippen molar-refractivity contribution in [1.82, 2.24) is 14.7 Å². The summed E-state index contributed by atoms with van der Waals surface area (Å²) in [6, 6.07) is 0.381. The minimum Gasteiger partial charge on any atom is -0.359 e. The number of fused-ring (bicyclic) bond motifs is 1. The zero-order chi connectivity index (χ0) is 8.72. The van der Waals surface area contributed by atoms with E-state index in [0.29, 0.717) is 6.04 Å². The topological polar surface area (TPSA) is 33.4 Å². The van der Waals surface area contributed by atoms with Gasteiger partial charge in [0.1, 0.15) is 0 Å². The van der Waals surface area contributed by atoms with E-state index in [1.165, 1.54) is 5.56 Å². The van der Waals surface area contributed by atoms with Gasteiger partial charge >= 0.3 is 0 Å². The molecule has 1 aromatic heterocycles. The third-order valence-corrected chi connectivity index (χ3v) is 2.36. The summed E-state index contributed by atoms with van der Waals surface area (Å²) >= 11 is 0. The molecule has 0 aromatic carbocycles. The fourth-order valence-corrected chi connectivity index (χ4v) is 1.37. The van der Waals surface area contributed by atoms with Crippen LogP contribution >= 0.6 is 0 Å². The van der Waals surface area contributed by atoms with Gasteiger partial charge in [0, 0.05) is 19.7 Å². The van der Waals surface area contributed by atoms with Gasteiger partial charge in [-0.2, -0.15) is 5.10 Å². The van der Waals surface area contributed by atoms with Crippen LogP contribution in [0, 0.1) is 0 Å². The highest BCUT2D eigenvalue weighted by Gasteiger charge is 2.20. The average Bonchev–Trinajstić information content (AvgIpc) is 2.41. The first-order valence-electron chi connectivity index (χ1n) is 3.98. The molecular formula is C8H12N4. The number of aliphatic imine (C=N–C) groups is 1. The Bertz CT molecular complexity index is 326. The first kappa shape index (κ1) is 7.34. The molecule has 2 heterocycles. The van der Waals surface area contributed by atoms with Crippen LogP contribution < -0.4 is 0 Å². The molecule has 0 N–H and O–H groups in total. The van der Waals surface area contributed by atoms with Crippen LogP contribution in [0.25, 0.3) is 0 Å². The fraction of sp³-hybridized carbons (Fsp3) is 0.500. The molecule has 1 unspecified atom stereocenters. The van der Waals surface area contributed by atoms with Gasteiger partial charge in [-0.3, -0.25) is 4.68 Å². The van der Waals surface area contributed by atoms with Gasteiger partial charge in [-0.25, -0.2) is 4.99 Å². The summed E-state index contributed by atoms with van der Waals surface area (Å²) in [4.78, 5) is 6.36. The highest BCUT2D eigenvalue weighted by atomic mass is 15.3. The molecule has 0 fully saturated rings. The zero-order valence-electron chi connectivity index (χ0n) is 7.52. The molecule has 1 aromatic rings. The molecule has 1 atom stereocenters. The van der Waals surface area contributed by atoms with Gasteiger partial charge in [-0.05, 0) is 6.92 Å². The second-order valence-corrected chi connectivity index (χ2v) is 3.13. The molecule has 0 bridgehead atoms. The normalized spacial score (nSPS) is 21.2. The molecular weight excluding hydrogens is 152 g/mol. The summed E-state index contributed by atoms with van der Waals surface area (Å²) < 4.78 is 1.80. The van der Waals surface area contributed by atoms with Crippen LogP contribution in [0.1, 0.15) is 18.5 Å². The van der Waals surface area contributed by atoms with Crippen molar-refractivity contribution in [3.05, 3.63) is 11.8 Å². The maximum absolute atomic E-state index is 4.29. The van der Waals surface area contributed by atoms with Gasteiger partial charge in [0.15, 0.2) is 5.82 Å². The Morgan fingerprint density at radius 2 is 2.17 bits per heavy atom. The monoisotopic (exact) mass is 164 g/mol. The van der Waals surface area contributed by atoms with E-state index in [4.69, 9.17) is 0 Å². The van der Waals surface area contributed by atoms with Crippen molar-refractivity contribution >= 4 is 12.2 Å². The maximum Gasteiger partial charge on any atom is 0.157 e. The second kappa shape index (κ2) is 2.33. The van der Waals surface area contributed by atoms with Crippen molar-refractivity contribution < 1.29 is 0 Å². The molecule has 0 aliphatic carbocycles. The van der Waals surface area contributed by atoms with Crippen molar-refractivity contribution in [2.75, 3.05) is 7.05 Å². The number of aromatic nitrogens is 2. The molecule has 1 aliphatic heterocycles. The van der Waals surface area contributed by atoms with E-state index < -0.39 is 0 Å². The molecule has 4 nitrogen and oxygen atoms in total. The average molecular weight is 164 g/mol. The van der Waals surface area contributed by atoms with Gasteiger partial charge in [0.25, 0.3) is 0 Å². The Kier molecular flexibility index (Phi) is 1.43. The third-order valence-electron chi connectivity index (χ3n) is 2.36. The summed E-state index contributed by atoms with van der Waals surface area (Å²) in [5, 5.41) is 4.16. The quantitative estimate of drug-likeness (QED) is 0.575. The van der Waals surface area contributed by atoms with E-state index in [-0.39, 0.29) is 0 Å². The molecule has 0 spiro atoms. The Balaban J connectivity index is 2.53. The smallest absolute Gasteiger partial charge is 0.157 e. The molecule has 1 aliphatic rings. The van der Waals surface area contributed by atoms with E-state index >= 15 is 0 Å². The highest BCUT2D eigenvalue weighted by molar-refractivity contribution is 5.65. The standard InChI is InChI=1S/C8H12N4/c1-6-7-4-10-12(3)8(7)9-5-11(6)2/h4-6H,1-3H3. The van der Waals surface area contributed by atoms with E-state index in [9.17, 15) is 0 Å². The van der Waals surface area contributed by atoms with E-state index in [0.717, 1.165) is 5.82 Å². The molecule has 64 valence electrons. The van der Waals surface area contributed by atoms with E-state index in [2.05, 4.69) is 21.9 Å². The number of nitrogens with zero attached hydrogens (tertiary/aromatic N) is 4. The van der Waals surface area contributed by atoms with Crippen molar-refractivity contribution in [3.8, 4) is 0 Å². The molecule has 4 heteroatoms. The lowest BCUT2D eigenvalue weighted by atomic mass is 10.1. The zero-order valence-corrected chi connectivity index (χ0v) is 7.52. The van der Waals surface area contributed by atoms with Crippen LogP contribution in [0.5, 0.6) is 0 Å². The fourth-order valence-electron chi connectivity index (χ4n) is 1.37. The van der Waals surface area contributed by atoms with Crippen LogP contribution in [0.4, 0.5) is 5.82 Å². The van der Waals surface area contributed by atoms with Crippen molar-refractivity contribution in [2.45, 2.75) is 13.0 Å². The molecule has 0 amide bonds. The Hall–Kier alpha value is -1.32. The van der Waals surface area contributed by atoms with Crippen LogP contribution in [0.2, 0.25) is 0 Å². The largest absolute Gasteiger partial charge is 0.359 e. The van der Waals surface area contributed by atoms with Crippen molar-refractivity contribution in [1.29, 1.82) is 0 Å². The van der Waals surface area contributed by atoms with Crippen LogP contribution in [0.3, 0.4) is 0 Å². The Morgan fingerprint density at radius 3 is 2.92 bits per heavy atom. The number of aryl methyl sites for hydroxylation is 1. The van der Waals surface area contributed by atoms with E-state index in [1.807, 2.05) is 26.6 Å². The molecule has 0 saturated heterocycles. The van der Waals surface area contributed by atoms with E-state index in [1.54, 1.807) is 4.68 Å². The van der Waals surface area contributed by atoms with Gasteiger partial charge in [-0.15, -0.1) is 0 Å². The maximum atomic E-state index is 4.29. The van der Waals surface area contributed by atoms with Gasteiger partial charge in [0.05, 0.1) is 18.6 Å². The minimum atomic E-state index is 0.381. The van der Waals surface area contributed by atoms with Crippen LogP contribution in [0.15, 0.2) is 11.2 Å². The van der Waals surface area contributed by atoms with Gasteiger partial charge in [-0.1, -0.05) is 0 Å². The lowest BCUT2D eigenvalue weighted by Gasteiger charge is -2.25. The SMILES string of the molecule is CC1c2cnn(C)c2N=CN1C. The second-order valence-electron chi connectivity index (χ2n) is 3.13. The number of rotatable bonds is 0. The van der Waals surface area contributed by atoms with Crippen LogP contribution in [-0.2, 0) is 7.05 Å². The first-order valence-corrected chi connectivity index (χ1v) is 3.98. The first-order chi connectivity index (χ1) is 5.70. The summed E-state index contributed by atoms with van der Waals surface area (Å²) in [5.74, 6) is 0.973. The molecule has 12 heavy (non-hydrogen) atoms. The molecule has 0 radical (unpaired) electrons. The van der Waals surface area contributed by atoms with Crippen LogP contribution in [-0.4, -0.2) is 28.1 Å². The Morgan fingerprint density at radius 1 is 1.42 bits per heavy atom. The summed E-state index contributed by atoms with van der Waals surface area (Å²) in [6.45, 7) is 2.14. The predicted octanol–water partition coefficient (Wildman–Crippen LogP) is 1.09. The lowest BCUT2D eigenvalue weighted by Crippen LogP contribution is -2.23. The molecule has 0 saturated carbocycles. The number of hydrogen-bond donors (Lipinski definition) is 0. The lowest BCUT2D eigenvalue weighted by molar-refractivity contribution is 0.408. The summed E-state index contributed by atoms with van der Waals surface area (Å²) in [7, 11) is 3.93. The predicted molar refractivity (Wildman–Crippen MR) is 47.5 cm³/mol. The summed E-state index contributed by atoms with van der Waals surface area (Å²) in [6.07, 6.45) is 3.72. The Labute approximate surface area is 71.5 Å².